The highest BCUT2D eigenvalue weighted by Gasteiger charge is 2.08. The molecule has 4 nitrogen and oxygen atoms in total. The van der Waals surface area contributed by atoms with E-state index >= 15 is 0 Å². The van der Waals surface area contributed by atoms with Gasteiger partial charge in [-0.25, -0.2) is 4.98 Å². The van der Waals surface area contributed by atoms with Crippen molar-refractivity contribution in [1.29, 1.82) is 0 Å². The third-order valence-corrected chi connectivity index (χ3v) is 3.99. The lowest BCUT2D eigenvalue weighted by Crippen LogP contribution is -2.25. The first-order valence-electron chi connectivity index (χ1n) is 7.99. The van der Waals surface area contributed by atoms with Crippen molar-refractivity contribution >= 4 is 11.0 Å². The minimum atomic E-state index is 0.550. The first kappa shape index (κ1) is 16.0. The molecule has 1 N–H and O–H groups in total. The summed E-state index contributed by atoms with van der Waals surface area (Å²) in [6.07, 6.45) is 5.80. The summed E-state index contributed by atoms with van der Waals surface area (Å²) < 4.78 is 1.84. The van der Waals surface area contributed by atoms with E-state index in [1.165, 1.54) is 24.8 Å². The predicted octanol–water partition coefficient (Wildman–Crippen LogP) is 3.58. The highest BCUT2D eigenvalue weighted by atomic mass is 15.3. The van der Waals surface area contributed by atoms with Gasteiger partial charge in [0.25, 0.3) is 0 Å². The van der Waals surface area contributed by atoms with Gasteiger partial charge in [-0.05, 0) is 37.8 Å². The molecule has 0 bridgehead atoms. The molecule has 0 saturated heterocycles. The fourth-order valence-electron chi connectivity index (χ4n) is 2.67. The lowest BCUT2D eigenvalue weighted by Gasteiger charge is -2.14. The van der Waals surface area contributed by atoms with Crippen molar-refractivity contribution in [2.45, 2.75) is 59.5 Å². The SMILES string of the molecule is Cc1nn(C)c2ncc(CNC(C)CCCC(C)C)cc12. The fraction of sp³-hybridized carbons (Fsp3) is 0.647. The van der Waals surface area contributed by atoms with Crippen LogP contribution < -0.4 is 5.32 Å². The van der Waals surface area contributed by atoms with E-state index in [9.17, 15) is 0 Å². The van der Waals surface area contributed by atoms with Crippen LogP contribution in [0.15, 0.2) is 12.3 Å². The highest BCUT2D eigenvalue weighted by Crippen LogP contribution is 2.16. The van der Waals surface area contributed by atoms with Crippen LogP contribution in [-0.4, -0.2) is 20.8 Å². The van der Waals surface area contributed by atoms with Crippen molar-refractivity contribution in [2.24, 2.45) is 13.0 Å². The first-order chi connectivity index (χ1) is 9.97. The van der Waals surface area contributed by atoms with Crippen LogP contribution >= 0.6 is 0 Å². The monoisotopic (exact) mass is 288 g/mol. The second-order valence-electron chi connectivity index (χ2n) is 6.53. The van der Waals surface area contributed by atoms with E-state index in [2.05, 4.69) is 42.2 Å². The largest absolute Gasteiger partial charge is 0.310 e. The summed E-state index contributed by atoms with van der Waals surface area (Å²) in [5, 5.41) is 9.17. The van der Waals surface area contributed by atoms with E-state index in [1.54, 1.807) is 0 Å². The molecule has 0 saturated carbocycles. The Morgan fingerprint density at radius 1 is 1.24 bits per heavy atom. The molecule has 0 aliphatic rings. The third-order valence-electron chi connectivity index (χ3n) is 3.99. The van der Waals surface area contributed by atoms with Crippen LogP contribution in [0.4, 0.5) is 0 Å². The molecular weight excluding hydrogens is 260 g/mol. The smallest absolute Gasteiger partial charge is 0.157 e. The molecule has 1 atom stereocenters. The van der Waals surface area contributed by atoms with Gasteiger partial charge in [-0.2, -0.15) is 5.10 Å². The van der Waals surface area contributed by atoms with Crippen molar-refractivity contribution in [3.05, 3.63) is 23.5 Å². The molecule has 4 heteroatoms. The highest BCUT2D eigenvalue weighted by molar-refractivity contribution is 5.78. The van der Waals surface area contributed by atoms with Gasteiger partial charge in [0.1, 0.15) is 0 Å². The van der Waals surface area contributed by atoms with E-state index in [-0.39, 0.29) is 0 Å². The lowest BCUT2D eigenvalue weighted by atomic mass is 10.0. The van der Waals surface area contributed by atoms with Crippen molar-refractivity contribution in [1.82, 2.24) is 20.1 Å². The second kappa shape index (κ2) is 7.03. The maximum absolute atomic E-state index is 4.53. The molecule has 1 unspecified atom stereocenters. The van der Waals surface area contributed by atoms with Crippen molar-refractivity contribution in [2.75, 3.05) is 0 Å². The Labute approximate surface area is 128 Å². The van der Waals surface area contributed by atoms with Crippen LogP contribution in [0.1, 0.15) is 51.3 Å². The van der Waals surface area contributed by atoms with Gasteiger partial charge in [-0.1, -0.05) is 26.7 Å². The fourth-order valence-corrected chi connectivity index (χ4v) is 2.67. The van der Waals surface area contributed by atoms with E-state index in [1.807, 2.05) is 24.9 Å². The van der Waals surface area contributed by atoms with Crippen LogP contribution in [0.25, 0.3) is 11.0 Å². The molecule has 116 valence electrons. The number of hydrogen-bond acceptors (Lipinski definition) is 3. The van der Waals surface area contributed by atoms with Crippen molar-refractivity contribution in [3.63, 3.8) is 0 Å². The first-order valence-corrected chi connectivity index (χ1v) is 7.99. The zero-order valence-corrected chi connectivity index (χ0v) is 14.0. The van der Waals surface area contributed by atoms with Gasteiger partial charge in [-0.15, -0.1) is 0 Å². The van der Waals surface area contributed by atoms with E-state index in [4.69, 9.17) is 0 Å². The molecule has 0 aliphatic heterocycles. The molecule has 0 amide bonds. The second-order valence-corrected chi connectivity index (χ2v) is 6.53. The van der Waals surface area contributed by atoms with Gasteiger partial charge in [0.2, 0.25) is 0 Å². The molecule has 2 aromatic heterocycles. The lowest BCUT2D eigenvalue weighted by molar-refractivity contribution is 0.457. The van der Waals surface area contributed by atoms with Gasteiger partial charge in [0, 0.05) is 31.2 Å². The zero-order chi connectivity index (χ0) is 15.4. The standard InChI is InChI=1S/C17H28N4/c1-12(2)7-6-8-13(3)18-10-15-9-16-14(4)20-21(5)17(16)19-11-15/h9,11-13,18H,6-8,10H2,1-5H3. The average Bonchev–Trinajstić information content (AvgIpc) is 2.71. The van der Waals surface area contributed by atoms with E-state index in [0.29, 0.717) is 6.04 Å². The third kappa shape index (κ3) is 4.27. The summed E-state index contributed by atoms with van der Waals surface area (Å²) in [6.45, 7) is 9.75. The number of aryl methyl sites for hydroxylation is 2. The van der Waals surface area contributed by atoms with Crippen molar-refractivity contribution < 1.29 is 0 Å². The minimum absolute atomic E-state index is 0.550. The number of hydrogen-bond donors (Lipinski definition) is 1. The average molecular weight is 288 g/mol. The molecule has 21 heavy (non-hydrogen) atoms. The maximum atomic E-state index is 4.53. The molecular formula is C17H28N4. The molecule has 0 aliphatic carbocycles. The Morgan fingerprint density at radius 3 is 2.71 bits per heavy atom. The minimum Gasteiger partial charge on any atom is -0.310 e. The molecule has 0 spiro atoms. The molecule has 2 aromatic rings. The number of aromatic nitrogens is 3. The Bertz CT molecular complexity index is 586. The van der Waals surface area contributed by atoms with Crippen molar-refractivity contribution in [3.8, 4) is 0 Å². The molecule has 2 heterocycles. The van der Waals surface area contributed by atoms with E-state index in [0.717, 1.165) is 29.2 Å². The summed E-state index contributed by atoms with van der Waals surface area (Å²) >= 11 is 0. The summed E-state index contributed by atoms with van der Waals surface area (Å²) in [7, 11) is 1.94. The van der Waals surface area contributed by atoms with Gasteiger partial charge >= 0.3 is 0 Å². The number of pyridine rings is 1. The Kier molecular flexibility index (Phi) is 5.34. The Balaban J connectivity index is 1.90. The number of rotatable bonds is 7. The van der Waals surface area contributed by atoms with Gasteiger partial charge in [0.05, 0.1) is 5.69 Å². The van der Waals surface area contributed by atoms with Crippen LogP contribution in [0.2, 0.25) is 0 Å². The molecule has 0 radical (unpaired) electrons. The number of fused-ring (bicyclic) bond motifs is 1. The quantitative estimate of drug-likeness (QED) is 0.847. The van der Waals surface area contributed by atoms with Gasteiger partial charge in [-0.3, -0.25) is 4.68 Å². The summed E-state index contributed by atoms with van der Waals surface area (Å²) in [4.78, 5) is 4.53. The Hall–Kier alpha value is -1.42. The van der Waals surface area contributed by atoms with Crippen LogP contribution in [0.5, 0.6) is 0 Å². The topological polar surface area (TPSA) is 42.7 Å². The van der Waals surface area contributed by atoms with Crippen LogP contribution in [-0.2, 0) is 13.6 Å². The number of nitrogens with zero attached hydrogens (tertiary/aromatic N) is 3. The van der Waals surface area contributed by atoms with Gasteiger partial charge in [0.15, 0.2) is 5.65 Å². The summed E-state index contributed by atoms with van der Waals surface area (Å²) in [5.74, 6) is 0.803. The Morgan fingerprint density at radius 2 is 2.00 bits per heavy atom. The number of nitrogens with one attached hydrogen (secondary N) is 1. The summed E-state index contributed by atoms with van der Waals surface area (Å²) in [5.41, 5.74) is 3.24. The maximum Gasteiger partial charge on any atom is 0.157 e. The molecule has 0 fully saturated rings. The zero-order valence-electron chi connectivity index (χ0n) is 14.0. The normalized spacial score (nSPS) is 13.2. The predicted molar refractivity (Wildman–Crippen MR) is 88.2 cm³/mol. The molecule has 0 aromatic carbocycles. The van der Waals surface area contributed by atoms with Gasteiger partial charge < -0.3 is 5.32 Å². The molecule has 2 rings (SSSR count). The summed E-state index contributed by atoms with van der Waals surface area (Å²) in [6, 6.07) is 2.76. The van der Waals surface area contributed by atoms with Crippen LogP contribution in [0.3, 0.4) is 0 Å². The van der Waals surface area contributed by atoms with E-state index < -0.39 is 0 Å². The van der Waals surface area contributed by atoms with Crippen LogP contribution in [0, 0.1) is 12.8 Å².